The molecule has 2 rings (SSSR count). The zero-order chi connectivity index (χ0) is 19.4. The predicted molar refractivity (Wildman–Crippen MR) is 96.3 cm³/mol. The van der Waals surface area contributed by atoms with Gasteiger partial charge < -0.3 is 15.0 Å². The number of ether oxygens (including phenoxy) is 1. The number of nitrogens with one attached hydrogen (secondary N) is 1. The first-order valence-electron chi connectivity index (χ1n) is 7.68. The van der Waals surface area contributed by atoms with Crippen molar-refractivity contribution in [2.75, 3.05) is 26.0 Å². The highest BCUT2D eigenvalue weighted by molar-refractivity contribution is 6.32. The summed E-state index contributed by atoms with van der Waals surface area (Å²) in [5.41, 5.74) is 1.54. The highest BCUT2D eigenvalue weighted by atomic mass is 35.5. The minimum atomic E-state index is -0.720. The summed E-state index contributed by atoms with van der Waals surface area (Å²) in [5, 5.41) is 6.74. The van der Waals surface area contributed by atoms with Crippen LogP contribution in [-0.4, -0.2) is 53.2 Å². The fourth-order valence-corrected chi connectivity index (χ4v) is 2.47. The van der Waals surface area contributed by atoms with Crippen LogP contribution in [0, 0.1) is 6.92 Å². The zero-order valence-corrected chi connectivity index (χ0v) is 15.6. The lowest BCUT2D eigenvalue weighted by atomic mass is 10.2. The van der Waals surface area contributed by atoms with Gasteiger partial charge in [0, 0.05) is 32.4 Å². The second-order valence-corrected chi connectivity index (χ2v) is 6.13. The number of amides is 2. The molecule has 2 aromatic rings. The van der Waals surface area contributed by atoms with Gasteiger partial charge in [0.15, 0.2) is 6.61 Å². The minimum absolute atomic E-state index is 0.133. The van der Waals surface area contributed by atoms with Crippen molar-refractivity contribution < 1.29 is 19.1 Å². The van der Waals surface area contributed by atoms with E-state index in [1.54, 1.807) is 52.3 Å². The van der Waals surface area contributed by atoms with Gasteiger partial charge in [0.2, 0.25) is 0 Å². The van der Waals surface area contributed by atoms with E-state index in [1.807, 2.05) is 0 Å². The number of benzene rings is 1. The van der Waals surface area contributed by atoms with E-state index in [1.165, 1.54) is 9.58 Å². The van der Waals surface area contributed by atoms with E-state index in [0.717, 1.165) is 0 Å². The molecule has 8 nitrogen and oxygen atoms in total. The number of nitrogens with zero attached hydrogens (tertiary/aromatic N) is 3. The largest absolute Gasteiger partial charge is 0.452 e. The third-order valence-electron chi connectivity index (χ3n) is 3.51. The van der Waals surface area contributed by atoms with Gasteiger partial charge in [0.05, 0.1) is 5.69 Å². The summed E-state index contributed by atoms with van der Waals surface area (Å²) >= 11 is 5.98. The number of carbonyl (C=O) groups excluding carboxylic acids is 3. The van der Waals surface area contributed by atoms with Crippen LogP contribution in [-0.2, 0) is 16.6 Å². The van der Waals surface area contributed by atoms with Crippen LogP contribution in [0.4, 0.5) is 5.69 Å². The van der Waals surface area contributed by atoms with Crippen molar-refractivity contribution in [3.8, 4) is 0 Å². The molecule has 2 amide bonds. The molecule has 1 heterocycles. The highest BCUT2D eigenvalue weighted by Crippen LogP contribution is 2.19. The lowest BCUT2D eigenvalue weighted by Crippen LogP contribution is -2.22. The highest BCUT2D eigenvalue weighted by Gasteiger charge is 2.21. The van der Waals surface area contributed by atoms with Crippen molar-refractivity contribution in [1.29, 1.82) is 0 Å². The first kappa shape index (κ1) is 19.5. The van der Waals surface area contributed by atoms with Gasteiger partial charge in [0.25, 0.3) is 11.8 Å². The van der Waals surface area contributed by atoms with Crippen LogP contribution in [0.5, 0.6) is 0 Å². The van der Waals surface area contributed by atoms with E-state index in [9.17, 15) is 14.4 Å². The Morgan fingerprint density at radius 2 is 1.85 bits per heavy atom. The Bertz CT molecular complexity index is 843. The van der Waals surface area contributed by atoms with Crippen LogP contribution >= 0.6 is 11.6 Å². The van der Waals surface area contributed by atoms with Crippen molar-refractivity contribution in [3.63, 3.8) is 0 Å². The SMILES string of the molecule is Cc1nn(C)c(Cl)c1C(=O)OCC(=O)Nc1ccc(C(=O)N(C)C)cc1. The van der Waals surface area contributed by atoms with E-state index in [4.69, 9.17) is 16.3 Å². The molecular formula is C17H19ClN4O4. The number of hydrogen-bond acceptors (Lipinski definition) is 5. The smallest absolute Gasteiger partial charge is 0.343 e. The second-order valence-electron chi connectivity index (χ2n) is 5.78. The van der Waals surface area contributed by atoms with Crippen molar-refractivity contribution in [2.45, 2.75) is 6.92 Å². The molecule has 0 radical (unpaired) electrons. The van der Waals surface area contributed by atoms with Gasteiger partial charge in [-0.05, 0) is 31.2 Å². The van der Waals surface area contributed by atoms with Gasteiger partial charge in [0.1, 0.15) is 10.7 Å². The topological polar surface area (TPSA) is 93.5 Å². The first-order valence-corrected chi connectivity index (χ1v) is 8.06. The standard InChI is InChI=1S/C17H19ClN4O4/c1-10-14(15(18)22(4)20-10)17(25)26-9-13(23)19-12-7-5-11(6-8-12)16(24)21(2)3/h5-8H,9H2,1-4H3,(H,19,23). The molecular weight excluding hydrogens is 360 g/mol. The number of hydrogen-bond donors (Lipinski definition) is 1. The molecule has 0 saturated heterocycles. The van der Waals surface area contributed by atoms with E-state index < -0.39 is 18.5 Å². The van der Waals surface area contributed by atoms with Crippen LogP contribution in [0.2, 0.25) is 5.15 Å². The Hall–Kier alpha value is -2.87. The quantitative estimate of drug-likeness (QED) is 0.802. The van der Waals surface area contributed by atoms with Gasteiger partial charge in [-0.2, -0.15) is 5.10 Å². The zero-order valence-electron chi connectivity index (χ0n) is 14.9. The predicted octanol–water partition coefficient (Wildman–Crippen LogP) is 1.88. The molecule has 0 aliphatic heterocycles. The Labute approximate surface area is 155 Å². The molecule has 0 unspecified atom stereocenters. The number of carbonyl (C=O) groups is 3. The molecule has 1 N–H and O–H groups in total. The van der Waals surface area contributed by atoms with Crippen LogP contribution < -0.4 is 5.32 Å². The molecule has 9 heteroatoms. The Morgan fingerprint density at radius 3 is 2.35 bits per heavy atom. The fourth-order valence-electron chi connectivity index (χ4n) is 2.22. The molecule has 26 heavy (non-hydrogen) atoms. The maximum Gasteiger partial charge on any atom is 0.343 e. The second kappa shape index (κ2) is 8.01. The fraction of sp³-hybridized carbons (Fsp3) is 0.294. The normalized spacial score (nSPS) is 10.3. The lowest BCUT2D eigenvalue weighted by molar-refractivity contribution is -0.119. The van der Waals surface area contributed by atoms with Gasteiger partial charge in [-0.25, -0.2) is 4.79 Å². The number of aryl methyl sites for hydroxylation is 2. The number of halogens is 1. The molecule has 0 fully saturated rings. The number of rotatable bonds is 5. The van der Waals surface area contributed by atoms with E-state index in [-0.39, 0.29) is 16.6 Å². The number of esters is 1. The summed E-state index contributed by atoms with van der Waals surface area (Å²) in [6.07, 6.45) is 0. The Balaban J connectivity index is 1.92. The maximum absolute atomic E-state index is 12.1. The van der Waals surface area contributed by atoms with Gasteiger partial charge in [-0.15, -0.1) is 0 Å². The van der Waals surface area contributed by atoms with E-state index in [0.29, 0.717) is 16.9 Å². The van der Waals surface area contributed by atoms with E-state index >= 15 is 0 Å². The number of anilines is 1. The lowest BCUT2D eigenvalue weighted by Gasteiger charge is -2.11. The summed E-state index contributed by atoms with van der Waals surface area (Å²) in [7, 11) is 4.91. The van der Waals surface area contributed by atoms with Gasteiger partial charge in [-0.1, -0.05) is 11.6 Å². The molecule has 138 valence electrons. The summed E-state index contributed by atoms with van der Waals surface area (Å²) in [6.45, 7) is 1.15. The third kappa shape index (κ3) is 4.40. The first-order chi connectivity index (χ1) is 12.2. The van der Waals surface area contributed by atoms with Gasteiger partial charge in [-0.3, -0.25) is 14.3 Å². The monoisotopic (exact) mass is 378 g/mol. The molecule has 0 atom stereocenters. The summed E-state index contributed by atoms with van der Waals surface area (Å²) in [6, 6.07) is 6.39. The van der Waals surface area contributed by atoms with Crippen LogP contribution in [0.25, 0.3) is 0 Å². The maximum atomic E-state index is 12.1. The van der Waals surface area contributed by atoms with Gasteiger partial charge >= 0.3 is 5.97 Å². The molecule has 1 aromatic carbocycles. The summed E-state index contributed by atoms with van der Waals surface area (Å²) < 4.78 is 6.33. The number of aromatic nitrogens is 2. The van der Waals surface area contributed by atoms with Crippen LogP contribution in [0.1, 0.15) is 26.4 Å². The van der Waals surface area contributed by atoms with Crippen molar-refractivity contribution in [1.82, 2.24) is 14.7 Å². The third-order valence-corrected chi connectivity index (χ3v) is 3.95. The van der Waals surface area contributed by atoms with E-state index in [2.05, 4.69) is 10.4 Å². The molecule has 0 saturated carbocycles. The minimum Gasteiger partial charge on any atom is -0.452 e. The van der Waals surface area contributed by atoms with Crippen molar-refractivity contribution in [3.05, 3.63) is 46.2 Å². The Morgan fingerprint density at radius 1 is 1.23 bits per heavy atom. The molecule has 0 spiro atoms. The average Bonchev–Trinajstić information content (AvgIpc) is 2.85. The molecule has 0 aliphatic carbocycles. The average molecular weight is 379 g/mol. The van der Waals surface area contributed by atoms with Crippen molar-refractivity contribution >= 4 is 35.1 Å². The molecule has 0 bridgehead atoms. The van der Waals surface area contributed by atoms with Crippen LogP contribution in [0.15, 0.2) is 24.3 Å². The summed E-state index contributed by atoms with van der Waals surface area (Å²) in [5.74, 6) is -1.37. The van der Waals surface area contributed by atoms with Crippen molar-refractivity contribution in [2.24, 2.45) is 7.05 Å². The summed E-state index contributed by atoms with van der Waals surface area (Å²) in [4.78, 5) is 37.3. The molecule has 0 aliphatic rings. The van der Waals surface area contributed by atoms with Crippen LogP contribution in [0.3, 0.4) is 0 Å². The Kier molecular flexibility index (Phi) is 5.99. The molecule has 1 aromatic heterocycles.